The quantitative estimate of drug-likeness (QED) is 0.826. The fourth-order valence-electron chi connectivity index (χ4n) is 2.87. The van der Waals surface area contributed by atoms with Crippen LogP contribution in [-0.2, 0) is 4.79 Å². The summed E-state index contributed by atoms with van der Waals surface area (Å²) >= 11 is 6.44. The molecule has 1 aliphatic rings. The van der Waals surface area contributed by atoms with Gasteiger partial charge in [-0.05, 0) is 43.0 Å². The number of benzene rings is 1. The number of likely N-dealkylation sites (N-methyl/N-ethyl adjacent to an activating group) is 1. The molecule has 0 atom stereocenters. The fraction of sp³-hybridized carbons (Fsp3) is 0.316. The summed E-state index contributed by atoms with van der Waals surface area (Å²) in [6, 6.07) is 9.20. The highest BCUT2D eigenvalue weighted by Crippen LogP contribution is 2.29. The second-order valence-corrected chi connectivity index (χ2v) is 6.33. The van der Waals surface area contributed by atoms with E-state index in [0.717, 1.165) is 38.4 Å². The smallest absolute Gasteiger partial charge is 0.248 e. The second kappa shape index (κ2) is 8.23. The Morgan fingerprint density at radius 1 is 1.28 bits per heavy atom. The number of nitrogens with one attached hydrogen (secondary N) is 1. The molecule has 25 heavy (non-hydrogen) atoms. The van der Waals surface area contributed by atoms with E-state index in [1.165, 1.54) is 6.08 Å². The summed E-state index contributed by atoms with van der Waals surface area (Å²) in [6.07, 6.45) is 4.62. The van der Waals surface area contributed by atoms with Gasteiger partial charge >= 0.3 is 0 Å². The van der Waals surface area contributed by atoms with Crippen LogP contribution in [0.2, 0.25) is 5.02 Å². The molecule has 1 aromatic heterocycles. The Balaban J connectivity index is 1.61. The molecule has 6 heteroatoms. The normalized spacial score (nSPS) is 15.7. The number of carbonyl (C=O) groups is 1. The van der Waals surface area contributed by atoms with Crippen LogP contribution in [0.15, 0.2) is 47.1 Å². The van der Waals surface area contributed by atoms with Crippen LogP contribution in [0.3, 0.4) is 0 Å². The summed E-state index contributed by atoms with van der Waals surface area (Å²) in [4.78, 5) is 16.7. The Kier molecular flexibility index (Phi) is 5.79. The van der Waals surface area contributed by atoms with Crippen LogP contribution >= 0.6 is 11.6 Å². The number of nitrogens with zero attached hydrogens (tertiary/aromatic N) is 2. The van der Waals surface area contributed by atoms with Crippen molar-refractivity contribution in [1.82, 2.24) is 4.90 Å². The molecule has 1 aromatic carbocycles. The average molecular weight is 360 g/mol. The van der Waals surface area contributed by atoms with Gasteiger partial charge in [0.15, 0.2) is 0 Å². The number of halogens is 1. The summed E-state index contributed by atoms with van der Waals surface area (Å²) < 4.78 is 5.15. The molecule has 1 amide bonds. The van der Waals surface area contributed by atoms with Crippen LogP contribution in [0.5, 0.6) is 0 Å². The van der Waals surface area contributed by atoms with Crippen molar-refractivity contribution in [1.29, 1.82) is 0 Å². The van der Waals surface area contributed by atoms with Crippen molar-refractivity contribution >= 4 is 35.0 Å². The van der Waals surface area contributed by atoms with Crippen LogP contribution in [0.4, 0.5) is 11.4 Å². The number of amides is 1. The first-order chi connectivity index (χ1) is 12.2. The Hall–Kier alpha value is -2.24. The molecule has 1 aliphatic heterocycles. The Morgan fingerprint density at radius 3 is 2.72 bits per heavy atom. The number of rotatable bonds is 5. The lowest BCUT2D eigenvalue weighted by atomic mass is 10.2. The third kappa shape index (κ3) is 4.65. The van der Waals surface area contributed by atoms with Crippen molar-refractivity contribution in [3.8, 4) is 0 Å². The molecule has 1 saturated heterocycles. The van der Waals surface area contributed by atoms with Crippen LogP contribution in [0.25, 0.3) is 6.08 Å². The zero-order chi connectivity index (χ0) is 17.6. The number of piperazine rings is 1. The number of furan rings is 1. The van der Waals surface area contributed by atoms with Crippen LogP contribution in [0, 0.1) is 0 Å². The predicted octanol–water partition coefficient (Wildman–Crippen LogP) is 3.73. The standard InChI is InChI=1S/C19H22ClN3O2/c1-2-22-9-11-23(12-10-22)18-7-5-15(14-17(18)20)21-19(24)8-6-16-4-3-13-25-16/h3-8,13-14H,2,9-12H2,1H3,(H,21,24)/b8-6+. The van der Waals surface area contributed by atoms with E-state index in [0.29, 0.717) is 16.5 Å². The first-order valence-electron chi connectivity index (χ1n) is 8.45. The van der Waals surface area contributed by atoms with Crippen LogP contribution < -0.4 is 10.2 Å². The summed E-state index contributed by atoms with van der Waals surface area (Å²) in [5.74, 6) is 0.409. The van der Waals surface area contributed by atoms with Crippen molar-refractivity contribution in [2.75, 3.05) is 42.9 Å². The summed E-state index contributed by atoms with van der Waals surface area (Å²) in [5, 5.41) is 3.46. The molecule has 3 rings (SSSR count). The molecule has 1 N–H and O–H groups in total. The van der Waals surface area contributed by atoms with Gasteiger partial charge in [0.2, 0.25) is 5.91 Å². The third-order valence-corrected chi connectivity index (χ3v) is 4.62. The number of anilines is 2. The molecule has 2 heterocycles. The summed E-state index contributed by atoms with van der Waals surface area (Å²) in [5.41, 5.74) is 1.69. The Bertz CT molecular complexity index is 735. The maximum Gasteiger partial charge on any atom is 0.248 e. The van der Waals surface area contributed by atoms with Gasteiger partial charge in [-0.3, -0.25) is 4.79 Å². The minimum atomic E-state index is -0.225. The zero-order valence-electron chi connectivity index (χ0n) is 14.2. The predicted molar refractivity (Wildman–Crippen MR) is 102 cm³/mol. The van der Waals surface area contributed by atoms with Gasteiger partial charge in [-0.1, -0.05) is 18.5 Å². The largest absolute Gasteiger partial charge is 0.465 e. The lowest BCUT2D eigenvalue weighted by Crippen LogP contribution is -2.46. The zero-order valence-corrected chi connectivity index (χ0v) is 15.0. The van der Waals surface area contributed by atoms with Gasteiger partial charge in [0.25, 0.3) is 0 Å². The molecule has 0 bridgehead atoms. The highest BCUT2D eigenvalue weighted by atomic mass is 35.5. The van der Waals surface area contributed by atoms with E-state index in [1.54, 1.807) is 30.5 Å². The second-order valence-electron chi connectivity index (χ2n) is 5.93. The summed E-state index contributed by atoms with van der Waals surface area (Å²) in [6.45, 7) is 7.28. The van der Waals surface area contributed by atoms with Gasteiger partial charge in [-0.15, -0.1) is 0 Å². The van der Waals surface area contributed by atoms with Crippen molar-refractivity contribution < 1.29 is 9.21 Å². The van der Waals surface area contributed by atoms with Gasteiger partial charge < -0.3 is 19.5 Å². The lowest BCUT2D eigenvalue weighted by molar-refractivity contribution is -0.111. The molecular weight excluding hydrogens is 338 g/mol. The third-order valence-electron chi connectivity index (χ3n) is 4.32. The van der Waals surface area contributed by atoms with Crippen molar-refractivity contribution in [2.45, 2.75) is 6.92 Å². The van der Waals surface area contributed by atoms with Crippen molar-refractivity contribution in [2.24, 2.45) is 0 Å². The van der Waals surface area contributed by atoms with Crippen molar-refractivity contribution in [3.05, 3.63) is 53.5 Å². The molecule has 5 nitrogen and oxygen atoms in total. The molecule has 0 saturated carbocycles. The molecular formula is C19H22ClN3O2. The highest BCUT2D eigenvalue weighted by molar-refractivity contribution is 6.33. The van der Waals surface area contributed by atoms with Gasteiger partial charge in [-0.2, -0.15) is 0 Å². The van der Waals surface area contributed by atoms with Gasteiger partial charge in [0, 0.05) is 37.9 Å². The molecule has 0 spiro atoms. The maximum atomic E-state index is 12.0. The van der Waals surface area contributed by atoms with Gasteiger partial charge in [-0.25, -0.2) is 0 Å². The average Bonchev–Trinajstić information content (AvgIpc) is 3.14. The molecule has 0 aliphatic carbocycles. The first kappa shape index (κ1) is 17.6. The highest BCUT2D eigenvalue weighted by Gasteiger charge is 2.18. The minimum absolute atomic E-state index is 0.225. The molecule has 1 fully saturated rings. The SMILES string of the molecule is CCN1CCN(c2ccc(NC(=O)/C=C/c3ccco3)cc2Cl)CC1. The minimum Gasteiger partial charge on any atom is -0.465 e. The number of hydrogen-bond donors (Lipinski definition) is 1. The monoisotopic (exact) mass is 359 g/mol. The Labute approximate surface area is 152 Å². The Morgan fingerprint density at radius 2 is 2.08 bits per heavy atom. The number of carbonyl (C=O) groups excluding carboxylic acids is 1. The van der Waals surface area contributed by atoms with E-state index in [2.05, 4.69) is 22.0 Å². The maximum absolute atomic E-state index is 12.0. The van der Waals surface area contributed by atoms with E-state index in [1.807, 2.05) is 12.1 Å². The summed E-state index contributed by atoms with van der Waals surface area (Å²) in [7, 11) is 0. The molecule has 0 radical (unpaired) electrons. The van der Waals surface area contributed by atoms with E-state index < -0.39 is 0 Å². The molecule has 0 unspecified atom stereocenters. The van der Waals surface area contributed by atoms with E-state index >= 15 is 0 Å². The van der Waals surface area contributed by atoms with Gasteiger partial charge in [0.1, 0.15) is 5.76 Å². The molecule has 2 aromatic rings. The topological polar surface area (TPSA) is 48.7 Å². The molecule has 132 valence electrons. The van der Waals surface area contributed by atoms with E-state index in [-0.39, 0.29) is 5.91 Å². The number of hydrogen-bond acceptors (Lipinski definition) is 4. The first-order valence-corrected chi connectivity index (χ1v) is 8.83. The fourth-order valence-corrected chi connectivity index (χ4v) is 3.17. The van der Waals surface area contributed by atoms with E-state index in [4.69, 9.17) is 16.0 Å². The van der Waals surface area contributed by atoms with Crippen molar-refractivity contribution in [3.63, 3.8) is 0 Å². The van der Waals surface area contributed by atoms with E-state index in [9.17, 15) is 4.79 Å². The van der Waals surface area contributed by atoms with Gasteiger partial charge in [0.05, 0.1) is 17.0 Å². The van der Waals surface area contributed by atoms with Crippen LogP contribution in [-0.4, -0.2) is 43.5 Å². The lowest BCUT2D eigenvalue weighted by Gasteiger charge is -2.36. The van der Waals surface area contributed by atoms with Crippen LogP contribution in [0.1, 0.15) is 12.7 Å².